The molecule has 0 bridgehead atoms. The molecule has 0 aliphatic heterocycles. The van der Waals surface area contributed by atoms with Gasteiger partial charge in [-0.05, 0) is 131 Å². The third-order valence-corrected chi connectivity index (χ3v) is 12.3. The van der Waals surface area contributed by atoms with E-state index in [9.17, 15) is 0 Å². The Morgan fingerprint density at radius 2 is 1.54 bits per heavy atom. The van der Waals surface area contributed by atoms with Gasteiger partial charge >= 0.3 is 0 Å². The Kier molecular flexibility index (Phi) is 11.7. The normalized spacial score (nSPS) is 39.2. The average molecular weight is 517 g/mol. The SMILES string of the molecule is CCCCCCCCNCCCC[C@H]1CCC2[C@H]3C(CC[C@@]21C)[C@@]1(C)CCCC[C@H]1C[C@H]3OCCCN. The van der Waals surface area contributed by atoms with Gasteiger partial charge in [0.1, 0.15) is 0 Å². The van der Waals surface area contributed by atoms with Crippen molar-refractivity contribution in [2.75, 3.05) is 26.2 Å². The highest BCUT2D eigenvalue weighted by Crippen LogP contribution is 2.68. The first-order valence-corrected chi connectivity index (χ1v) is 17.1. The number of nitrogens with two attached hydrogens (primary N) is 1. The van der Waals surface area contributed by atoms with Crippen molar-refractivity contribution in [2.24, 2.45) is 46.2 Å². The second kappa shape index (κ2) is 14.5. The molecule has 4 fully saturated rings. The maximum atomic E-state index is 6.76. The summed E-state index contributed by atoms with van der Waals surface area (Å²) < 4.78 is 6.76. The highest BCUT2D eigenvalue weighted by molar-refractivity contribution is 5.11. The highest BCUT2D eigenvalue weighted by Gasteiger charge is 2.62. The lowest BCUT2D eigenvalue weighted by molar-refractivity contribution is -0.178. The van der Waals surface area contributed by atoms with Crippen LogP contribution in [0.1, 0.15) is 143 Å². The standard InChI is InChI=1S/C34H64N2O/c1-4-5-6-7-8-12-23-36-24-13-10-15-27-17-18-29-32-30(19-21-34(27,29)3)33(2)20-11-9-16-28(33)26-31(32)37-25-14-22-35/h27-32,36H,4-26,35H2,1-3H3/t27-,28-,29?,30?,31+,32-,33-,34+/m0/s1. The molecule has 0 aromatic rings. The van der Waals surface area contributed by atoms with Crippen LogP contribution in [0.4, 0.5) is 0 Å². The highest BCUT2D eigenvalue weighted by atomic mass is 16.5. The smallest absolute Gasteiger partial charge is 0.0611 e. The molecule has 0 saturated heterocycles. The van der Waals surface area contributed by atoms with Crippen molar-refractivity contribution in [2.45, 2.75) is 149 Å². The molecule has 4 aliphatic rings. The lowest BCUT2D eigenvalue weighted by atomic mass is 9.44. The van der Waals surface area contributed by atoms with Gasteiger partial charge in [0.2, 0.25) is 0 Å². The summed E-state index contributed by atoms with van der Waals surface area (Å²) in [7, 11) is 0. The van der Waals surface area contributed by atoms with Gasteiger partial charge in [0.15, 0.2) is 0 Å². The Labute approximate surface area is 231 Å². The first-order chi connectivity index (χ1) is 18.0. The van der Waals surface area contributed by atoms with Gasteiger partial charge in [-0.2, -0.15) is 0 Å². The van der Waals surface area contributed by atoms with Gasteiger partial charge in [-0.1, -0.05) is 72.1 Å². The predicted octanol–water partition coefficient (Wildman–Crippen LogP) is 8.50. The summed E-state index contributed by atoms with van der Waals surface area (Å²) >= 11 is 0. The molecule has 3 N–H and O–H groups in total. The maximum absolute atomic E-state index is 6.76. The van der Waals surface area contributed by atoms with E-state index < -0.39 is 0 Å². The van der Waals surface area contributed by atoms with Crippen molar-refractivity contribution in [1.29, 1.82) is 0 Å². The summed E-state index contributed by atoms with van der Waals surface area (Å²) in [4.78, 5) is 0. The Hall–Kier alpha value is -0.120. The van der Waals surface area contributed by atoms with E-state index >= 15 is 0 Å². The Balaban J connectivity index is 1.27. The fraction of sp³-hybridized carbons (Fsp3) is 1.00. The third kappa shape index (κ3) is 6.97. The van der Waals surface area contributed by atoms with E-state index in [1.54, 1.807) is 0 Å². The van der Waals surface area contributed by atoms with E-state index in [1.807, 2.05) is 0 Å². The van der Waals surface area contributed by atoms with Crippen molar-refractivity contribution >= 4 is 0 Å². The summed E-state index contributed by atoms with van der Waals surface area (Å²) in [5.41, 5.74) is 6.99. The molecular weight excluding hydrogens is 452 g/mol. The van der Waals surface area contributed by atoms with Crippen LogP contribution in [0.2, 0.25) is 0 Å². The number of nitrogens with one attached hydrogen (secondary N) is 1. The summed E-state index contributed by atoms with van der Waals surface area (Å²) in [6, 6.07) is 0. The average Bonchev–Trinajstić information content (AvgIpc) is 3.23. The second-order valence-corrected chi connectivity index (χ2v) is 14.4. The lowest BCUT2D eigenvalue weighted by Crippen LogP contribution is -2.58. The van der Waals surface area contributed by atoms with Crippen LogP contribution < -0.4 is 11.1 Å². The van der Waals surface area contributed by atoms with Crippen molar-refractivity contribution < 1.29 is 4.74 Å². The van der Waals surface area contributed by atoms with Gasteiger partial charge in [0.25, 0.3) is 0 Å². The van der Waals surface area contributed by atoms with E-state index in [4.69, 9.17) is 10.5 Å². The first-order valence-electron chi connectivity index (χ1n) is 17.1. The second-order valence-electron chi connectivity index (χ2n) is 14.4. The third-order valence-electron chi connectivity index (χ3n) is 12.3. The van der Waals surface area contributed by atoms with Crippen LogP contribution in [0.3, 0.4) is 0 Å². The van der Waals surface area contributed by atoms with Gasteiger partial charge in [-0.25, -0.2) is 0 Å². The number of unbranched alkanes of at least 4 members (excludes halogenated alkanes) is 6. The minimum atomic E-state index is 0.502. The van der Waals surface area contributed by atoms with Crippen molar-refractivity contribution in [3.05, 3.63) is 0 Å². The van der Waals surface area contributed by atoms with Crippen LogP contribution in [0.5, 0.6) is 0 Å². The summed E-state index contributed by atoms with van der Waals surface area (Å²) in [6.07, 6.45) is 27.2. The van der Waals surface area contributed by atoms with E-state index in [2.05, 4.69) is 26.1 Å². The molecule has 0 aromatic heterocycles. The van der Waals surface area contributed by atoms with E-state index in [1.165, 1.54) is 129 Å². The molecule has 3 nitrogen and oxygen atoms in total. The van der Waals surface area contributed by atoms with Crippen LogP contribution in [-0.2, 0) is 4.74 Å². The minimum Gasteiger partial charge on any atom is -0.378 e. The largest absolute Gasteiger partial charge is 0.378 e. The molecule has 2 unspecified atom stereocenters. The van der Waals surface area contributed by atoms with E-state index in [-0.39, 0.29) is 0 Å². The first kappa shape index (κ1) is 29.9. The number of fused-ring (bicyclic) bond motifs is 5. The fourth-order valence-electron chi connectivity index (χ4n) is 10.1. The van der Waals surface area contributed by atoms with Crippen LogP contribution in [-0.4, -0.2) is 32.3 Å². The number of hydrogen-bond acceptors (Lipinski definition) is 3. The molecule has 4 aliphatic carbocycles. The van der Waals surface area contributed by atoms with Crippen molar-refractivity contribution in [1.82, 2.24) is 5.32 Å². The topological polar surface area (TPSA) is 47.3 Å². The minimum absolute atomic E-state index is 0.502. The number of rotatable bonds is 16. The zero-order chi connectivity index (χ0) is 26.1. The van der Waals surface area contributed by atoms with Crippen LogP contribution in [0, 0.1) is 40.4 Å². The predicted molar refractivity (Wildman–Crippen MR) is 159 cm³/mol. The summed E-state index contributed by atoms with van der Waals surface area (Å²) in [5, 5.41) is 3.74. The molecule has 0 spiro atoms. The molecule has 3 heteroatoms. The molecule has 216 valence electrons. The van der Waals surface area contributed by atoms with Crippen molar-refractivity contribution in [3.63, 3.8) is 0 Å². The Morgan fingerprint density at radius 1 is 0.784 bits per heavy atom. The molecular formula is C34H64N2O. The summed E-state index contributed by atoms with van der Waals surface area (Å²) in [6.45, 7) is 11.8. The van der Waals surface area contributed by atoms with E-state index in [0.29, 0.717) is 16.9 Å². The Morgan fingerprint density at radius 3 is 2.35 bits per heavy atom. The maximum Gasteiger partial charge on any atom is 0.0611 e. The Bertz CT molecular complexity index is 654. The van der Waals surface area contributed by atoms with Crippen molar-refractivity contribution in [3.8, 4) is 0 Å². The quantitative estimate of drug-likeness (QED) is 0.202. The van der Waals surface area contributed by atoms with Gasteiger partial charge in [0.05, 0.1) is 6.10 Å². The van der Waals surface area contributed by atoms with Crippen LogP contribution >= 0.6 is 0 Å². The summed E-state index contributed by atoms with van der Waals surface area (Å²) in [5.74, 6) is 4.44. The molecule has 8 atom stereocenters. The van der Waals surface area contributed by atoms with Crippen LogP contribution in [0.25, 0.3) is 0 Å². The lowest BCUT2D eigenvalue weighted by Gasteiger charge is -2.62. The molecule has 0 heterocycles. The molecule has 37 heavy (non-hydrogen) atoms. The zero-order valence-corrected chi connectivity index (χ0v) is 25.2. The molecule has 4 saturated carbocycles. The fourth-order valence-corrected chi connectivity index (χ4v) is 10.1. The molecule has 0 radical (unpaired) electrons. The van der Waals surface area contributed by atoms with Gasteiger partial charge < -0.3 is 15.8 Å². The van der Waals surface area contributed by atoms with Crippen LogP contribution in [0.15, 0.2) is 0 Å². The van der Waals surface area contributed by atoms with Gasteiger partial charge in [-0.3, -0.25) is 0 Å². The van der Waals surface area contributed by atoms with Gasteiger partial charge in [0, 0.05) is 6.61 Å². The number of ether oxygens (including phenoxy) is 1. The molecule has 0 amide bonds. The number of hydrogen-bond donors (Lipinski definition) is 2. The monoisotopic (exact) mass is 517 g/mol. The zero-order valence-electron chi connectivity index (χ0n) is 25.2. The van der Waals surface area contributed by atoms with E-state index in [0.717, 1.165) is 49.2 Å². The molecule has 0 aromatic carbocycles. The molecule has 4 rings (SSSR count). The van der Waals surface area contributed by atoms with Gasteiger partial charge in [-0.15, -0.1) is 0 Å².